The summed E-state index contributed by atoms with van der Waals surface area (Å²) in [6.07, 6.45) is 1.99. The number of para-hydroxylation sites is 2. The lowest BCUT2D eigenvalue weighted by Gasteiger charge is -2.31. The zero-order chi connectivity index (χ0) is 15.8. The fourth-order valence-corrected chi connectivity index (χ4v) is 3.17. The second-order valence-corrected chi connectivity index (χ2v) is 6.06. The predicted octanol–water partition coefficient (Wildman–Crippen LogP) is 2.88. The van der Waals surface area contributed by atoms with Gasteiger partial charge in [0.2, 0.25) is 5.76 Å². The normalized spacial score (nSPS) is 18.5. The highest BCUT2D eigenvalue weighted by Crippen LogP contribution is 2.27. The molecule has 6 heteroatoms. The first kappa shape index (κ1) is 14.0. The van der Waals surface area contributed by atoms with Crippen molar-refractivity contribution in [1.29, 1.82) is 0 Å². The minimum atomic E-state index is -0.0913. The number of hydrogen-bond donors (Lipinski definition) is 1. The van der Waals surface area contributed by atoms with Crippen LogP contribution in [0.15, 0.2) is 34.9 Å². The van der Waals surface area contributed by atoms with Crippen molar-refractivity contribution in [1.82, 2.24) is 20.0 Å². The summed E-state index contributed by atoms with van der Waals surface area (Å²) in [7, 11) is 0. The standard InChI is InChI=1S/C17H18N4O2/c1-11-9-15(23-20-11)17(22)21-8-4-5-12(10-21)16-18-13-6-2-3-7-14(13)19-16/h2-3,6-7,9,12H,4-5,8,10H2,1H3,(H,18,19). The van der Waals surface area contributed by atoms with Gasteiger partial charge in [0.15, 0.2) is 0 Å². The smallest absolute Gasteiger partial charge is 0.292 e. The zero-order valence-corrected chi connectivity index (χ0v) is 13.0. The SMILES string of the molecule is Cc1cc(C(=O)N2CCCC(c3nc4ccccc4[nH]3)C2)on1. The number of carbonyl (C=O) groups is 1. The van der Waals surface area contributed by atoms with E-state index in [2.05, 4.69) is 15.1 Å². The Morgan fingerprint density at radius 3 is 3.04 bits per heavy atom. The van der Waals surface area contributed by atoms with E-state index in [1.165, 1.54) is 0 Å². The number of rotatable bonds is 2. The van der Waals surface area contributed by atoms with Gasteiger partial charge in [-0.15, -0.1) is 0 Å². The third kappa shape index (κ3) is 2.60. The average molecular weight is 310 g/mol. The molecule has 1 N–H and O–H groups in total. The molecular weight excluding hydrogens is 292 g/mol. The average Bonchev–Trinajstić information content (AvgIpc) is 3.20. The van der Waals surface area contributed by atoms with Gasteiger partial charge in [-0.1, -0.05) is 17.3 Å². The van der Waals surface area contributed by atoms with Crippen LogP contribution in [0.2, 0.25) is 0 Å². The number of aryl methyl sites for hydroxylation is 1. The molecule has 0 spiro atoms. The van der Waals surface area contributed by atoms with Crippen LogP contribution >= 0.6 is 0 Å². The number of aromatic nitrogens is 3. The number of likely N-dealkylation sites (tertiary alicyclic amines) is 1. The van der Waals surface area contributed by atoms with Crippen LogP contribution in [-0.2, 0) is 0 Å². The molecule has 0 aliphatic carbocycles. The van der Waals surface area contributed by atoms with Crippen molar-refractivity contribution in [3.05, 3.63) is 47.6 Å². The van der Waals surface area contributed by atoms with E-state index >= 15 is 0 Å². The number of carbonyl (C=O) groups excluding carboxylic acids is 1. The molecule has 4 rings (SSSR count). The zero-order valence-electron chi connectivity index (χ0n) is 13.0. The molecule has 6 nitrogen and oxygen atoms in total. The number of benzene rings is 1. The number of H-pyrrole nitrogens is 1. The van der Waals surface area contributed by atoms with Gasteiger partial charge in [-0.3, -0.25) is 4.79 Å². The van der Waals surface area contributed by atoms with Gasteiger partial charge >= 0.3 is 0 Å². The van der Waals surface area contributed by atoms with E-state index in [1.54, 1.807) is 6.07 Å². The molecule has 0 saturated carbocycles. The van der Waals surface area contributed by atoms with Crippen LogP contribution in [0.3, 0.4) is 0 Å². The van der Waals surface area contributed by atoms with Crippen molar-refractivity contribution in [3.8, 4) is 0 Å². The molecule has 0 bridgehead atoms. The Bertz CT molecular complexity index is 818. The third-order valence-electron chi connectivity index (χ3n) is 4.34. The van der Waals surface area contributed by atoms with Gasteiger partial charge in [0.05, 0.1) is 16.7 Å². The monoisotopic (exact) mass is 310 g/mol. The summed E-state index contributed by atoms with van der Waals surface area (Å²) < 4.78 is 5.10. The molecule has 1 saturated heterocycles. The molecule has 1 unspecified atom stereocenters. The van der Waals surface area contributed by atoms with Gasteiger partial charge in [0.25, 0.3) is 5.91 Å². The van der Waals surface area contributed by atoms with Crippen molar-refractivity contribution < 1.29 is 9.32 Å². The Kier molecular flexibility index (Phi) is 3.37. The number of amides is 1. The second-order valence-electron chi connectivity index (χ2n) is 6.06. The molecule has 118 valence electrons. The van der Waals surface area contributed by atoms with Crippen LogP contribution in [-0.4, -0.2) is 39.0 Å². The lowest BCUT2D eigenvalue weighted by Crippen LogP contribution is -2.39. The van der Waals surface area contributed by atoms with Gasteiger partial charge in [0.1, 0.15) is 5.82 Å². The Balaban J connectivity index is 1.55. The van der Waals surface area contributed by atoms with E-state index in [-0.39, 0.29) is 11.8 Å². The van der Waals surface area contributed by atoms with Crippen LogP contribution in [0.5, 0.6) is 0 Å². The van der Waals surface area contributed by atoms with E-state index < -0.39 is 0 Å². The van der Waals surface area contributed by atoms with Crippen LogP contribution < -0.4 is 0 Å². The maximum Gasteiger partial charge on any atom is 0.292 e. The molecule has 3 aromatic rings. The first-order valence-electron chi connectivity index (χ1n) is 7.88. The summed E-state index contributed by atoms with van der Waals surface area (Å²) >= 11 is 0. The molecule has 3 heterocycles. The van der Waals surface area contributed by atoms with E-state index in [1.807, 2.05) is 36.1 Å². The Labute approximate surface area is 133 Å². The molecule has 23 heavy (non-hydrogen) atoms. The Morgan fingerprint density at radius 2 is 2.26 bits per heavy atom. The summed E-state index contributed by atoms with van der Waals surface area (Å²) in [4.78, 5) is 22.4. The van der Waals surface area contributed by atoms with Crippen molar-refractivity contribution in [2.24, 2.45) is 0 Å². The van der Waals surface area contributed by atoms with E-state index in [9.17, 15) is 4.79 Å². The quantitative estimate of drug-likeness (QED) is 0.789. The van der Waals surface area contributed by atoms with E-state index in [0.29, 0.717) is 12.3 Å². The highest BCUT2D eigenvalue weighted by atomic mass is 16.5. The number of fused-ring (bicyclic) bond motifs is 1. The van der Waals surface area contributed by atoms with Gasteiger partial charge in [-0.05, 0) is 31.9 Å². The fraction of sp³-hybridized carbons (Fsp3) is 0.353. The topological polar surface area (TPSA) is 75.0 Å². The van der Waals surface area contributed by atoms with Crippen molar-refractivity contribution in [3.63, 3.8) is 0 Å². The number of hydrogen-bond acceptors (Lipinski definition) is 4. The minimum Gasteiger partial charge on any atom is -0.351 e. The summed E-state index contributed by atoms with van der Waals surface area (Å²) in [6.45, 7) is 3.21. The Morgan fingerprint density at radius 1 is 1.39 bits per heavy atom. The van der Waals surface area contributed by atoms with Crippen LogP contribution in [0, 0.1) is 6.92 Å². The van der Waals surface area contributed by atoms with Crippen LogP contribution in [0.25, 0.3) is 11.0 Å². The lowest BCUT2D eigenvalue weighted by atomic mass is 9.97. The van der Waals surface area contributed by atoms with Crippen molar-refractivity contribution in [2.45, 2.75) is 25.7 Å². The van der Waals surface area contributed by atoms with Crippen molar-refractivity contribution in [2.75, 3.05) is 13.1 Å². The van der Waals surface area contributed by atoms with Crippen LogP contribution in [0.4, 0.5) is 0 Å². The third-order valence-corrected chi connectivity index (χ3v) is 4.34. The van der Waals surface area contributed by atoms with E-state index in [0.717, 1.165) is 41.9 Å². The summed E-state index contributed by atoms with van der Waals surface area (Å²) in [6, 6.07) is 9.68. The molecule has 1 aliphatic rings. The maximum atomic E-state index is 12.5. The van der Waals surface area contributed by atoms with Gasteiger partial charge < -0.3 is 14.4 Å². The molecule has 1 atom stereocenters. The first-order valence-corrected chi connectivity index (χ1v) is 7.88. The molecule has 1 amide bonds. The second kappa shape index (κ2) is 5.53. The summed E-state index contributed by atoms with van der Waals surface area (Å²) in [5.41, 5.74) is 2.73. The number of aromatic amines is 1. The maximum absolute atomic E-state index is 12.5. The molecule has 1 aliphatic heterocycles. The Hall–Kier alpha value is -2.63. The van der Waals surface area contributed by atoms with Crippen molar-refractivity contribution >= 4 is 16.9 Å². The molecule has 0 radical (unpaired) electrons. The fourth-order valence-electron chi connectivity index (χ4n) is 3.17. The predicted molar refractivity (Wildman–Crippen MR) is 85.2 cm³/mol. The largest absolute Gasteiger partial charge is 0.351 e. The number of nitrogens with zero attached hydrogens (tertiary/aromatic N) is 3. The van der Waals surface area contributed by atoms with Crippen LogP contribution in [0.1, 0.15) is 40.8 Å². The van der Waals surface area contributed by atoms with Gasteiger partial charge in [0, 0.05) is 25.1 Å². The van der Waals surface area contributed by atoms with Gasteiger partial charge in [-0.2, -0.15) is 0 Å². The molecule has 2 aromatic heterocycles. The highest BCUT2D eigenvalue weighted by molar-refractivity contribution is 5.91. The molecule has 1 fully saturated rings. The van der Waals surface area contributed by atoms with Gasteiger partial charge in [-0.25, -0.2) is 4.98 Å². The first-order chi connectivity index (χ1) is 11.2. The number of piperidine rings is 1. The molecular formula is C17H18N4O2. The van der Waals surface area contributed by atoms with E-state index in [4.69, 9.17) is 4.52 Å². The summed E-state index contributed by atoms with van der Waals surface area (Å²) in [5, 5.41) is 3.80. The minimum absolute atomic E-state index is 0.0913. The lowest BCUT2D eigenvalue weighted by molar-refractivity contribution is 0.0663. The summed E-state index contributed by atoms with van der Waals surface area (Å²) in [5.74, 6) is 1.40. The number of imidazole rings is 1. The molecule has 1 aromatic carbocycles. The highest BCUT2D eigenvalue weighted by Gasteiger charge is 2.29. The number of nitrogens with one attached hydrogen (secondary N) is 1.